The molecule has 5 heteroatoms. The van der Waals surface area contributed by atoms with Crippen LogP contribution in [0.3, 0.4) is 0 Å². The zero-order valence-corrected chi connectivity index (χ0v) is 11.8. The van der Waals surface area contributed by atoms with Crippen molar-refractivity contribution in [2.75, 3.05) is 6.54 Å². The smallest absolute Gasteiger partial charge is 0.267 e. The average molecular weight is 281 g/mol. The maximum absolute atomic E-state index is 11.9. The van der Waals surface area contributed by atoms with Crippen molar-refractivity contribution in [2.24, 2.45) is 0 Å². The summed E-state index contributed by atoms with van der Waals surface area (Å²) < 4.78 is 0. The lowest BCUT2D eigenvalue weighted by Gasteiger charge is -2.09. The molecule has 1 aromatic rings. The van der Waals surface area contributed by atoms with Gasteiger partial charge in [-0.25, -0.2) is 0 Å². The molecule has 0 aromatic heterocycles. The summed E-state index contributed by atoms with van der Waals surface area (Å²) in [5.41, 5.74) is 1.02. The maximum Gasteiger partial charge on any atom is 0.267 e. The lowest BCUT2D eigenvalue weighted by molar-refractivity contribution is -0.122. The number of carbonyl (C=O) groups excluding carboxylic acids is 2. The van der Waals surface area contributed by atoms with Gasteiger partial charge in [0.25, 0.3) is 5.91 Å². The van der Waals surface area contributed by atoms with Crippen LogP contribution in [-0.2, 0) is 9.59 Å². The van der Waals surface area contributed by atoms with Crippen LogP contribution in [0.5, 0.6) is 0 Å². The van der Waals surface area contributed by atoms with E-state index in [2.05, 4.69) is 10.6 Å². The van der Waals surface area contributed by atoms with Gasteiger partial charge in [-0.2, -0.15) is 0 Å². The van der Waals surface area contributed by atoms with Crippen molar-refractivity contribution in [3.63, 3.8) is 0 Å². The van der Waals surface area contributed by atoms with Crippen LogP contribution in [0.4, 0.5) is 0 Å². The number of hydrogen-bond acceptors (Lipinski definition) is 2. The highest BCUT2D eigenvalue weighted by atomic mass is 35.5. The van der Waals surface area contributed by atoms with Gasteiger partial charge in [-0.15, -0.1) is 0 Å². The van der Waals surface area contributed by atoms with E-state index < -0.39 is 0 Å². The Labute approximate surface area is 117 Å². The first kappa shape index (κ1) is 15.2. The molecule has 102 valence electrons. The van der Waals surface area contributed by atoms with Gasteiger partial charge in [0, 0.05) is 18.5 Å². The zero-order valence-electron chi connectivity index (χ0n) is 11.0. The quantitative estimate of drug-likeness (QED) is 0.814. The summed E-state index contributed by atoms with van der Waals surface area (Å²) in [6.07, 6.45) is 2.45. The predicted molar refractivity (Wildman–Crippen MR) is 76.5 cm³/mol. The molecule has 0 bridgehead atoms. The van der Waals surface area contributed by atoms with Gasteiger partial charge in [0.1, 0.15) is 5.70 Å². The van der Waals surface area contributed by atoms with Crippen LogP contribution in [0.25, 0.3) is 6.08 Å². The number of benzene rings is 1. The van der Waals surface area contributed by atoms with Gasteiger partial charge in [0.15, 0.2) is 0 Å². The van der Waals surface area contributed by atoms with E-state index in [4.69, 9.17) is 11.6 Å². The monoisotopic (exact) mass is 280 g/mol. The summed E-state index contributed by atoms with van der Waals surface area (Å²) in [7, 11) is 0. The summed E-state index contributed by atoms with van der Waals surface area (Å²) in [5.74, 6) is -0.584. The van der Waals surface area contributed by atoms with E-state index in [1.807, 2.05) is 6.92 Å². The first-order valence-corrected chi connectivity index (χ1v) is 6.43. The van der Waals surface area contributed by atoms with E-state index >= 15 is 0 Å². The largest absolute Gasteiger partial charge is 0.351 e. The van der Waals surface area contributed by atoms with Crippen molar-refractivity contribution in [3.05, 3.63) is 40.5 Å². The molecular formula is C14H17ClN2O2. The van der Waals surface area contributed by atoms with Gasteiger partial charge in [-0.05, 0) is 30.2 Å². The second-order valence-corrected chi connectivity index (χ2v) is 4.48. The zero-order chi connectivity index (χ0) is 14.3. The van der Waals surface area contributed by atoms with Gasteiger partial charge >= 0.3 is 0 Å². The van der Waals surface area contributed by atoms with E-state index in [-0.39, 0.29) is 17.5 Å². The fourth-order valence-electron chi connectivity index (χ4n) is 1.41. The average Bonchev–Trinajstić information content (AvgIpc) is 2.37. The summed E-state index contributed by atoms with van der Waals surface area (Å²) in [6.45, 7) is 3.89. The van der Waals surface area contributed by atoms with E-state index in [1.54, 1.807) is 30.3 Å². The van der Waals surface area contributed by atoms with Crippen molar-refractivity contribution in [1.29, 1.82) is 0 Å². The Kier molecular flexibility index (Phi) is 6.09. The molecule has 0 fully saturated rings. The molecule has 0 aliphatic heterocycles. The lowest BCUT2D eigenvalue weighted by atomic mass is 10.2. The molecule has 0 unspecified atom stereocenters. The molecule has 2 amide bonds. The summed E-state index contributed by atoms with van der Waals surface area (Å²) in [4.78, 5) is 23.0. The SMILES string of the molecule is CCCNC(=O)/C(=C/c1ccc(Cl)cc1)NC(C)=O. The molecule has 0 aliphatic carbocycles. The third-order valence-electron chi connectivity index (χ3n) is 2.27. The van der Waals surface area contributed by atoms with Crippen LogP contribution < -0.4 is 10.6 Å². The van der Waals surface area contributed by atoms with Gasteiger partial charge in [-0.3, -0.25) is 9.59 Å². The molecule has 4 nitrogen and oxygen atoms in total. The van der Waals surface area contributed by atoms with E-state index in [0.717, 1.165) is 12.0 Å². The number of amides is 2. The first-order valence-electron chi connectivity index (χ1n) is 6.06. The molecule has 0 atom stereocenters. The Hall–Kier alpha value is -1.81. The number of nitrogens with one attached hydrogen (secondary N) is 2. The number of carbonyl (C=O) groups is 2. The second-order valence-electron chi connectivity index (χ2n) is 4.05. The summed E-state index contributed by atoms with van der Waals surface area (Å²) in [5, 5.41) is 5.87. The lowest BCUT2D eigenvalue weighted by Crippen LogP contribution is -2.34. The minimum Gasteiger partial charge on any atom is -0.351 e. The molecule has 0 heterocycles. The standard InChI is InChI=1S/C14H17ClN2O2/c1-3-8-16-14(19)13(17-10(2)18)9-11-4-6-12(15)7-5-11/h4-7,9H,3,8H2,1-2H3,(H,16,19)(H,17,18)/b13-9-. The molecule has 0 saturated carbocycles. The highest BCUT2D eigenvalue weighted by Gasteiger charge is 2.10. The Balaban J connectivity index is 2.91. The molecule has 0 saturated heterocycles. The number of rotatable bonds is 5. The normalized spacial score (nSPS) is 11.0. The summed E-state index contributed by atoms with van der Waals surface area (Å²) >= 11 is 5.79. The summed E-state index contributed by atoms with van der Waals surface area (Å²) in [6, 6.07) is 7.00. The topological polar surface area (TPSA) is 58.2 Å². The highest BCUT2D eigenvalue weighted by Crippen LogP contribution is 2.12. The Morgan fingerprint density at radius 1 is 1.26 bits per heavy atom. The van der Waals surface area contributed by atoms with Crippen molar-refractivity contribution in [3.8, 4) is 0 Å². The molecule has 1 rings (SSSR count). The maximum atomic E-state index is 11.9. The molecule has 1 aromatic carbocycles. The van der Waals surface area contributed by atoms with Crippen molar-refractivity contribution in [2.45, 2.75) is 20.3 Å². The molecule has 2 N–H and O–H groups in total. The van der Waals surface area contributed by atoms with Crippen LogP contribution in [0.15, 0.2) is 30.0 Å². The van der Waals surface area contributed by atoms with Crippen LogP contribution in [-0.4, -0.2) is 18.4 Å². The van der Waals surface area contributed by atoms with Crippen LogP contribution in [0.2, 0.25) is 5.02 Å². The van der Waals surface area contributed by atoms with Crippen LogP contribution in [0, 0.1) is 0 Å². The second kappa shape index (κ2) is 7.59. The molecular weight excluding hydrogens is 264 g/mol. The van der Waals surface area contributed by atoms with Gasteiger partial charge in [-0.1, -0.05) is 30.7 Å². The van der Waals surface area contributed by atoms with Crippen LogP contribution >= 0.6 is 11.6 Å². The fourth-order valence-corrected chi connectivity index (χ4v) is 1.53. The third kappa shape index (κ3) is 5.57. The van der Waals surface area contributed by atoms with Crippen molar-refractivity contribution < 1.29 is 9.59 Å². The van der Waals surface area contributed by atoms with Crippen molar-refractivity contribution in [1.82, 2.24) is 10.6 Å². The van der Waals surface area contributed by atoms with Gasteiger partial charge < -0.3 is 10.6 Å². The first-order chi connectivity index (χ1) is 9.02. The number of halogens is 1. The third-order valence-corrected chi connectivity index (χ3v) is 2.52. The van der Waals surface area contributed by atoms with E-state index in [0.29, 0.717) is 11.6 Å². The van der Waals surface area contributed by atoms with Gasteiger partial charge in [0.2, 0.25) is 5.91 Å². The predicted octanol–water partition coefficient (Wildman–Crippen LogP) is 2.34. The number of hydrogen-bond donors (Lipinski definition) is 2. The minimum atomic E-state index is -0.299. The molecule has 19 heavy (non-hydrogen) atoms. The van der Waals surface area contributed by atoms with E-state index in [9.17, 15) is 9.59 Å². The Bertz CT molecular complexity index is 481. The molecule has 0 aliphatic rings. The Morgan fingerprint density at radius 2 is 1.89 bits per heavy atom. The van der Waals surface area contributed by atoms with Gasteiger partial charge in [0.05, 0.1) is 0 Å². The van der Waals surface area contributed by atoms with Crippen molar-refractivity contribution >= 4 is 29.5 Å². The highest BCUT2D eigenvalue weighted by molar-refractivity contribution is 6.30. The fraction of sp³-hybridized carbons (Fsp3) is 0.286. The van der Waals surface area contributed by atoms with Crippen LogP contribution in [0.1, 0.15) is 25.8 Å². The minimum absolute atomic E-state index is 0.225. The van der Waals surface area contributed by atoms with E-state index in [1.165, 1.54) is 6.92 Å². The Morgan fingerprint density at radius 3 is 2.42 bits per heavy atom. The molecule has 0 spiro atoms. The molecule has 0 radical (unpaired) electrons.